The first kappa shape index (κ1) is 16.6. The summed E-state index contributed by atoms with van der Waals surface area (Å²) in [6, 6.07) is 9.89. The summed E-state index contributed by atoms with van der Waals surface area (Å²) in [6.45, 7) is 1.80. The molecular formula is C19H15N5O3. The number of nitro benzene ring substituents is 1. The van der Waals surface area contributed by atoms with Gasteiger partial charge in [-0.05, 0) is 30.2 Å². The highest BCUT2D eigenvalue weighted by Gasteiger charge is 2.15. The van der Waals surface area contributed by atoms with Crippen molar-refractivity contribution in [3.63, 3.8) is 0 Å². The zero-order valence-electron chi connectivity index (χ0n) is 14.4. The Hall–Kier alpha value is -3.81. The minimum absolute atomic E-state index is 0.0205. The molecule has 134 valence electrons. The summed E-state index contributed by atoms with van der Waals surface area (Å²) in [5, 5.41) is 13.7. The van der Waals surface area contributed by atoms with Crippen LogP contribution in [0.25, 0.3) is 16.8 Å². The number of aromatic amines is 1. The molecule has 3 heterocycles. The summed E-state index contributed by atoms with van der Waals surface area (Å²) >= 11 is 0. The lowest BCUT2D eigenvalue weighted by Gasteiger charge is -2.07. The van der Waals surface area contributed by atoms with Gasteiger partial charge in [0, 0.05) is 54.0 Å². The first-order chi connectivity index (χ1) is 13.0. The molecule has 0 spiro atoms. The Kier molecular flexibility index (Phi) is 4.00. The highest BCUT2D eigenvalue weighted by molar-refractivity contribution is 5.76. The van der Waals surface area contributed by atoms with Crippen LogP contribution in [-0.2, 0) is 6.42 Å². The Morgan fingerprint density at radius 1 is 1.15 bits per heavy atom. The topological polar surface area (TPSA) is 106 Å². The maximum atomic E-state index is 12.9. The maximum absolute atomic E-state index is 12.9. The van der Waals surface area contributed by atoms with Crippen LogP contribution < -0.4 is 5.56 Å². The van der Waals surface area contributed by atoms with E-state index < -0.39 is 4.92 Å². The number of hydrogen-bond acceptors (Lipinski definition) is 5. The Bertz CT molecular complexity index is 1190. The van der Waals surface area contributed by atoms with Gasteiger partial charge in [0.15, 0.2) is 5.65 Å². The fourth-order valence-electron chi connectivity index (χ4n) is 3.04. The van der Waals surface area contributed by atoms with Crippen molar-refractivity contribution in [2.75, 3.05) is 0 Å². The molecule has 0 aliphatic rings. The number of aryl methyl sites for hydroxylation is 1. The number of nitro groups is 1. The van der Waals surface area contributed by atoms with Crippen molar-refractivity contribution in [3.8, 4) is 11.1 Å². The Labute approximate surface area is 153 Å². The lowest BCUT2D eigenvalue weighted by Crippen LogP contribution is -2.22. The SMILES string of the molecule is Cc1nc2c(-c3ccncc3)c[nH]n2c(=O)c1Cc1ccc([N+](=O)[O-])cc1. The van der Waals surface area contributed by atoms with E-state index in [1.54, 1.807) is 37.6 Å². The Morgan fingerprint density at radius 2 is 1.85 bits per heavy atom. The van der Waals surface area contributed by atoms with Crippen LogP contribution in [0, 0.1) is 17.0 Å². The first-order valence-electron chi connectivity index (χ1n) is 8.28. The molecule has 0 unspecified atom stereocenters. The van der Waals surface area contributed by atoms with Crippen molar-refractivity contribution in [2.24, 2.45) is 0 Å². The number of fused-ring (bicyclic) bond motifs is 1. The van der Waals surface area contributed by atoms with E-state index in [0.29, 0.717) is 23.3 Å². The van der Waals surface area contributed by atoms with Gasteiger partial charge in [-0.1, -0.05) is 12.1 Å². The molecular weight excluding hydrogens is 346 g/mol. The van der Waals surface area contributed by atoms with Crippen molar-refractivity contribution in [3.05, 3.63) is 92.3 Å². The number of pyridine rings is 1. The van der Waals surface area contributed by atoms with Crippen molar-refractivity contribution in [1.82, 2.24) is 19.6 Å². The van der Waals surface area contributed by atoms with E-state index in [0.717, 1.165) is 16.7 Å². The molecule has 0 saturated carbocycles. The van der Waals surface area contributed by atoms with Gasteiger partial charge in [0.2, 0.25) is 0 Å². The first-order valence-corrected chi connectivity index (χ1v) is 8.28. The average molecular weight is 361 g/mol. The third-order valence-corrected chi connectivity index (χ3v) is 4.48. The number of benzene rings is 1. The molecule has 0 radical (unpaired) electrons. The molecule has 0 saturated heterocycles. The molecule has 1 N–H and O–H groups in total. The van der Waals surface area contributed by atoms with Crippen LogP contribution in [0.4, 0.5) is 5.69 Å². The maximum Gasteiger partial charge on any atom is 0.276 e. The van der Waals surface area contributed by atoms with Gasteiger partial charge in [0.05, 0.1) is 4.92 Å². The van der Waals surface area contributed by atoms with E-state index in [4.69, 9.17) is 0 Å². The molecule has 8 nitrogen and oxygen atoms in total. The molecule has 1 aromatic carbocycles. The smallest absolute Gasteiger partial charge is 0.276 e. The van der Waals surface area contributed by atoms with Gasteiger partial charge >= 0.3 is 0 Å². The van der Waals surface area contributed by atoms with Gasteiger partial charge in [0.1, 0.15) is 0 Å². The van der Waals surface area contributed by atoms with Gasteiger partial charge in [-0.3, -0.25) is 25.0 Å². The van der Waals surface area contributed by atoms with Crippen molar-refractivity contribution in [2.45, 2.75) is 13.3 Å². The number of nitrogens with one attached hydrogen (secondary N) is 1. The van der Waals surface area contributed by atoms with E-state index in [2.05, 4.69) is 15.1 Å². The van der Waals surface area contributed by atoms with E-state index >= 15 is 0 Å². The number of H-pyrrole nitrogens is 1. The normalized spacial score (nSPS) is 11.0. The van der Waals surface area contributed by atoms with E-state index in [-0.39, 0.29) is 11.2 Å². The molecule has 4 aromatic rings. The van der Waals surface area contributed by atoms with Gasteiger partial charge in [-0.15, -0.1) is 0 Å². The predicted molar refractivity (Wildman–Crippen MR) is 99.7 cm³/mol. The van der Waals surface area contributed by atoms with Gasteiger partial charge in [-0.2, -0.15) is 0 Å². The molecule has 8 heteroatoms. The van der Waals surface area contributed by atoms with E-state index in [1.807, 2.05) is 12.1 Å². The number of nitrogens with zero attached hydrogens (tertiary/aromatic N) is 4. The van der Waals surface area contributed by atoms with Crippen LogP contribution in [0.2, 0.25) is 0 Å². The molecule has 0 aliphatic carbocycles. The highest BCUT2D eigenvalue weighted by Crippen LogP contribution is 2.23. The number of non-ortho nitro benzene ring substituents is 1. The molecule has 4 rings (SSSR count). The highest BCUT2D eigenvalue weighted by atomic mass is 16.6. The fraction of sp³-hybridized carbons (Fsp3) is 0.105. The van der Waals surface area contributed by atoms with Crippen LogP contribution in [0.1, 0.15) is 16.8 Å². The van der Waals surface area contributed by atoms with Crippen LogP contribution >= 0.6 is 0 Å². The molecule has 3 aromatic heterocycles. The lowest BCUT2D eigenvalue weighted by molar-refractivity contribution is -0.384. The van der Waals surface area contributed by atoms with Gasteiger partial charge < -0.3 is 0 Å². The summed E-state index contributed by atoms with van der Waals surface area (Å²) in [4.78, 5) is 31.9. The van der Waals surface area contributed by atoms with Crippen molar-refractivity contribution in [1.29, 1.82) is 0 Å². The third-order valence-electron chi connectivity index (χ3n) is 4.48. The van der Waals surface area contributed by atoms with Crippen LogP contribution in [0.3, 0.4) is 0 Å². The summed E-state index contributed by atoms with van der Waals surface area (Å²) in [5.74, 6) is 0. The summed E-state index contributed by atoms with van der Waals surface area (Å²) in [7, 11) is 0. The monoisotopic (exact) mass is 361 g/mol. The molecule has 0 bridgehead atoms. The second-order valence-corrected chi connectivity index (χ2v) is 6.16. The third kappa shape index (κ3) is 2.97. The second kappa shape index (κ2) is 6.49. The number of rotatable bonds is 4. The largest absolute Gasteiger partial charge is 0.296 e. The van der Waals surface area contributed by atoms with Crippen molar-refractivity contribution < 1.29 is 4.92 Å². The van der Waals surface area contributed by atoms with Crippen LogP contribution in [0.15, 0.2) is 59.8 Å². The average Bonchev–Trinajstić information content (AvgIpc) is 3.10. The molecule has 0 fully saturated rings. The number of aromatic nitrogens is 4. The van der Waals surface area contributed by atoms with Crippen LogP contribution in [0.5, 0.6) is 0 Å². The molecule has 27 heavy (non-hydrogen) atoms. The Morgan fingerprint density at radius 3 is 2.52 bits per heavy atom. The predicted octanol–water partition coefficient (Wildman–Crippen LogP) is 2.89. The Balaban J connectivity index is 1.77. The molecule has 0 amide bonds. The van der Waals surface area contributed by atoms with E-state index in [1.165, 1.54) is 16.6 Å². The minimum atomic E-state index is -0.447. The molecule has 0 aliphatic heterocycles. The zero-order valence-corrected chi connectivity index (χ0v) is 14.4. The summed E-state index contributed by atoms with van der Waals surface area (Å²) in [6.07, 6.45) is 5.47. The molecule has 0 atom stereocenters. The number of hydrogen-bond donors (Lipinski definition) is 1. The minimum Gasteiger partial charge on any atom is -0.296 e. The standard InChI is InChI=1S/C19H15N5O3/c1-12-16(10-13-2-4-15(5-3-13)24(26)27)19(25)23-18(22-12)17(11-21-23)14-6-8-20-9-7-14/h2-9,11,21H,10H2,1H3. The summed E-state index contributed by atoms with van der Waals surface area (Å²) < 4.78 is 1.42. The lowest BCUT2D eigenvalue weighted by atomic mass is 10.0. The van der Waals surface area contributed by atoms with Gasteiger partial charge in [0.25, 0.3) is 11.2 Å². The van der Waals surface area contributed by atoms with Crippen LogP contribution in [-0.4, -0.2) is 24.5 Å². The zero-order chi connectivity index (χ0) is 19.0. The van der Waals surface area contributed by atoms with Gasteiger partial charge in [-0.25, -0.2) is 9.50 Å². The summed E-state index contributed by atoms with van der Waals surface area (Å²) in [5.41, 5.74) is 4.11. The fourth-order valence-corrected chi connectivity index (χ4v) is 3.04. The quantitative estimate of drug-likeness (QED) is 0.444. The van der Waals surface area contributed by atoms with E-state index in [9.17, 15) is 14.9 Å². The second-order valence-electron chi connectivity index (χ2n) is 6.16. The van der Waals surface area contributed by atoms with Crippen molar-refractivity contribution >= 4 is 11.3 Å².